The van der Waals surface area contributed by atoms with Crippen LogP contribution in [-0.2, 0) is 31.5 Å². The van der Waals surface area contributed by atoms with Crippen LogP contribution in [0.15, 0.2) is 58.0 Å². The van der Waals surface area contributed by atoms with Crippen molar-refractivity contribution in [2.24, 2.45) is 0 Å². The van der Waals surface area contributed by atoms with Gasteiger partial charge >= 0.3 is 0 Å². The third kappa shape index (κ3) is 8.69. The molecule has 0 aliphatic carbocycles. The number of thiazole rings is 1. The van der Waals surface area contributed by atoms with E-state index in [0.29, 0.717) is 41.4 Å². The number of amides is 1. The Bertz CT molecular complexity index is 1770. The second-order valence-electron chi connectivity index (χ2n) is 9.35. The second kappa shape index (κ2) is 13.0. The molecule has 41 heavy (non-hydrogen) atoms. The molecule has 220 valence electrons. The first-order chi connectivity index (χ1) is 19.2. The quantitative estimate of drug-likeness (QED) is 0.155. The number of carbonyl (C=O) groups is 1. The predicted octanol–water partition coefficient (Wildman–Crippen LogP) is 5.49. The molecule has 2 heterocycles. The number of unbranched alkanes of at least 4 members (excludes halogenated alkanes) is 1. The van der Waals surface area contributed by atoms with Crippen LogP contribution in [0.1, 0.15) is 31.2 Å². The number of thioether (sulfide) groups is 1. The zero-order valence-corrected chi connectivity index (χ0v) is 26.9. The summed E-state index contributed by atoms with van der Waals surface area (Å²) >= 11 is 15.6. The van der Waals surface area contributed by atoms with Gasteiger partial charge in [0.2, 0.25) is 22.1 Å². The molecule has 0 saturated carbocycles. The SMILES string of the molecule is CCC(/C=C1\Sc2ccc(Cl)cc2N1CCCCS(=O)(=O)O)=C\c1sc2ccc(Cl)cc2[n+]1CC(=O)NS(C)(=O)=O. The van der Waals surface area contributed by atoms with Crippen LogP contribution in [0.4, 0.5) is 5.69 Å². The first-order valence-corrected chi connectivity index (χ1v) is 18.4. The number of nitrogens with zero attached hydrogens (tertiary/aromatic N) is 2. The maximum absolute atomic E-state index is 12.6. The molecular formula is C26H28Cl2N3O6S4+. The highest BCUT2D eigenvalue weighted by Crippen LogP contribution is 2.47. The maximum atomic E-state index is 12.6. The first-order valence-electron chi connectivity index (χ1n) is 12.5. The highest BCUT2D eigenvalue weighted by atomic mass is 35.5. The lowest BCUT2D eigenvalue weighted by molar-refractivity contribution is -0.655. The van der Waals surface area contributed by atoms with Gasteiger partial charge in [-0.1, -0.05) is 53.2 Å². The largest absolute Gasteiger partial charge is 0.335 e. The van der Waals surface area contributed by atoms with Crippen LogP contribution in [0.2, 0.25) is 10.0 Å². The lowest BCUT2D eigenvalue weighted by atomic mass is 10.2. The van der Waals surface area contributed by atoms with Crippen LogP contribution >= 0.6 is 46.3 Å². The number of sulfonamides is 1. The molecule has 0 atom stereocenters. The third-order valence-electron chi connectivity index (χ3n) is 6.05. The van der Waals surface area contributed by atoms with E-state index in [1.165, 1.54) is 11.3 Å². The van der Waals surface area contributed by atoms with E-state index >= 15 is 0 Å². The Labute approximate surface area is 257 Å². The lowest BCUT2D eigenvalue weighted by Crippen LogP contribution is -2.45. The standard InChI is InChI=1S/C26H27Cl2N3O6S4/c1-3-17(12-25-30(10-4-5-11-41(35,36)37)20-14-18(27)6-8-22(20)38-25)13-26-31(16-24(32)29-40(2,33)34)21-15-19(28)7-9-23(21)39-26/h6-9,12-15H,3-5,10-11,16H2,1-2H3,(H-,29,32,35,36,37)/p+1. The molecule has 0 fully saturated rings. The monoisotopic (exact) mass is 676 g/mol. The van der Waals surface area contributed by atoms with Crippen molar-refractivity contribution in [3.05, 3.63) is 68.1 Å². The Kier molecular flexibility index (Phi) is 10.1. The van der Waals surface area contributed by atoms with Crippen molar-refractivity contribution in [3.63, 3.8) is 0 Å². The van der Waals surface area contributed by atoms with Gasteiger partial charge in [-0.15, -0.1) is 0 Å². The zero-order valence-electron chi connectivity index (χ0n) is 22.1. The molecule has 1 aromatic heterocycles. The van der Waals surface area contributed by atoms with Crippen molar-refractivity contribution < 1.29 is 30.7 Å². The third-order valence-corrected chi connectivity index (χ3v) is 10.1. The van der Waals surface area contributed by atoms with Crippen LogP contribution in [0.25, 0.3) is 16.3 Å². The van der Waals surface area contributed by atoms with E-state index in [-0.39, 0.29) is 12.3 Å². The zero-order chi connectivity index (χ0) is 29.9. The summed E-state index contributed by atoms with van der Waals surface area (Å²) in [7, 11) is -7.76. The van der Waals surface area contributed by atoms with Gasteiger partial charge in [0.05, 0.1) is 22.7 Å². The number of hydrogen-bond donors (Lipinski definition) is 2. The molecule has 0 saturated heterocycles. The minimum absolute atomic E-state index is 0.217. The highest BCUT2D eigenvalue weighted by Gasteiger charge is 2.27. The van der Waals surface area contributed by atoms with Crippen LogP contribution < -0.4 is 14.2 Å². The molecule has 0 radical (unpaired) electrons. The van der Waals surface area contributed by atoms with Gasteiger partial charge in [-0.3, -0.25) is 9.35 Å². The van der Waals surface area contributed by atoms with Gasteiger partial charge in [-0.05, 0) is 61.2 Å². The predicted molar refractivity (Wildman–Crippen MR) is 167 cm³/mol. The van der Waals surface area contributed by atoms with Crippen molar-refractivity contribution in [2.45, 2.75) is 37.6 Å². The van der Waals surface area contributed by atoms with Crippen LogP contribution in [-0.4, -0.2) is 45.8 Å². The number of halogens is 2. The number of benzene rings is 2. The van der Waals surface area contributed by atoms with Gasteiger partial charge in [-0.25, -0.2) is 13.1 Å². The summed E-state index contributed by atoms with van der Waals surface area (Å²) in [6.07, 6.45) is 6.43. The molecule has 2 N–H and O–H groups in total. The van der Waals surface area contributed by atoms with E-state index in [4.69, 9.17) is 27.8 Å². The summed E-state index contributed by atoms with van der Waals surface area (Å²) in [5.74, 6) is -0.976. The molecule has 0 bridgehead atoms. The number of rotatable bonds is 11. The summed E-state index contributed by atoms with van der Waals surface area (Å²) in [6.45, 7) is 2.31. The van der Waals surface area contributed by atoms with Gasteiger partial charge < -0.3 is 4.90 Å². The van der Waals surface area contributed by atoms with Crippen LogP contribution in [0, 0.1) is 0 Å². The van der Waals surface area contributed by atoms with Gasteiger partial charge in [0, 0.05) is 33.6 Å². The molecular weight excluding hydrogens is 649 g/mol. The van der Waals surface area contributed by atoms with E-state index in [1.807, 2.05) is 48.1 Å². The average Bonchev–Trinajstić information content (AvgIpc) is 3.36. The van der Waals surface area contributed by atoms with Gasteiger partial charge in [0.1, 0.15) is 4.70 Å². The van der Waals surface area contributed by atoms with Gasteiger partial charge in [0.25, 0.3) is 21.0 Å². The van der Waals surface area contributed by atoms with E-state index in [0.717, 1.165) is 37.1 Å². The number of hydrogen-bond acceptors (Lipinski definition) is 8. The van der Waals surface area contributed by atoms with E-state index < -0.39 is 26.0 Å². The Morgan fingerprint density at radius 1 is 1.10 bits per heavy atom. The number of aromatic nitrogens is 1. The topological polar surface area (TPSA) is 125 Å². The van der Waals surface area contributed by atoms with Crippen molar-refractivity contribution >= 4 is 94.3 Å². The fourth-order valence-corrected chi connectivity index (χ4v) is 7.90. The molecule has 15 heteroatoms. The van der Waals surface area contributed by atoms with Crippen molar-refractivity contribution in [1.82, 2.24) is 4.72 Å². The smallest absolute Gasteiger partial charge is 0.299 e. The van der Waals surface area contributed by atoms with Crippen LogP contribution in [0.3, 0.4) is 0 Å². The average molecular weight is 678 g/mol. The number of carbonyl (C=O) groups excluding carboxylic acids is 1. The molecule has 4 rings (SSSR count). The van der Waals surface area contributed by atoms with E-state index in [2.05, 4.69) is 4.90 Å². The molecule has 1 amide bonds. The van der Waals surface area contributed by atoms with Crippen molar-refractivity contribution in [2.75, 3.05) is 23.5 Å². The highest BCUT2D eigenvalue weighted by molar-refractivity contribution is 8.03. The molecule has 9 nitrogen and oxygen atoms in total. The summed E-state index contributed by atoms with van der Waals surface area (Å²) in [5, 5.41) is 2.73. The summed E-state index contributed by atoms with van der Waals surface area (Å²) < 4.78 is 59.4. The molecule has 1 aliphatic heterocycles. The fourth-order valence-electron chi connectivity index (χ4n) is 4.26. The Morgan fingerprint density at radius 2 is 1.80 bits per heavy atom. The molecule has 3 aromatic rings. The van der Waals surface area contributed by atoms with Gasteiger partial charge in [-0.2, -0.15) is 13.0 Å². The second-order valence-corrected chi connectivity index (χ2v) is 15.7. The summed E-state index contributed by atoms with van der Waals surface area (Å²) in [4.78, 5) is 15.7. The Hall–Kier alpha value is -2.13. The number of anilines is 1. The Morgan fingerprint density at radius 3 is 2.49 bits per heavy atom. The lowest BCUT2D eigenvalue weighted by Gasteiger charge is -2.21. The number of nitrogens with one attached hydrogen (secondary N) is 1. The number of fused-ring (bicyclic) bond motifs is 2. The van der Waals surface area contributed by atoms with E-state index in [1.54, 1.807) is 28.5 Å². The Balaban J connectivity index is 1.71. The molecule has 1 aliphatic rings. The minimum Gasteiger partial charge on any atom is -0.335 e. The summed E-state index contributed by atoms with van der Waals surface area (Å²) in [5.41, 5.74) is 2.57. The maximum Gasteiger partial charge on any atom is 0.299 e. The molecule has 0 spiro atoms. The van der Waals surface area contributed by atoms with Crippen LogP contribution in [0.5, 0.6) is 0 Å². The fraction of sp³-hybridized carbons (Fsp3) is 0.308. The summed E-state index contributed by atoms with van der Waals surface area (Å²) in [6, 6.07) is 11.0. The normalized spacial score (nSPS) is 15.1. The first kappa shape index (κ1) is 31.8. The van der Waals surface area contributed by atoms with Crippen molar-refractivity contribution in [1.29, 1.82) is 0 Å². The van der Waals surface area contributed by atoms with Gasteiger partial charge in [0.15, 0.2) is 0 Å². The van der Waals surface area contributed by atoms with E-state index in [9.17, 15) is 21.6 Å². The number of allylic oxidation sites excluding steroid dienone is 2. The molecule has 0 unspecified atom stereocenters. The molecule has 2 aromatic carbocycles. The minimum atomic E-state index is -4.04. The van der Waals surface area contributed by atoms with Crippen molar-refractivity contribution in [3.8, 4) is 0 Å².